The predicted octanol–water partition coefficient (Wildman–Crippen LogP) is 2.63. The van der Waals surface area contributed by atoms with Gasteiger partial charge in [0.05, 0.1) is 11.2 Å². The van der Waals surface area contributed by atoms with E-state index in [4.69, 9.17) is 0 Å². The fourth-order valence-electron chi connectivity index (χ4n) is 1.64. The largest absolute Gasteiger partial charge is 0.305 e. The maximum absolute atomic E-state index is 4.26. The second-order valence-corrected chi connectivity index (χ2v) is 5.53. The van der Waals surface area contributed by atoms with E-state index in [1.165, 1.54) is 0 Å². The van der Waals surface area contributed by atoms with Gasteiger partial charge in [0.2, 0.25) is 0 Å². The van der Waals surface area contributed by atoms with Gasteiger partial charge < -0.3 is 4.57 Å². The van der Waals surface area contributed by atoms with Crippen LogP contribution < -0.4 is 0 Å². The predicted molar refractivity (Wildman–Crippen MR) is 75.9 cm³/mol. The van der Waals surface area contributed by atoms with E-state index in [-0.39, 0.29) is 0 Å². The summed E-state index contributed by atoms with van der Waals surface area (Å²) in [5, 5.41) is 11.4. The number of hydrogen-bond acceptors (Lipinski definition) is 6. The van der Waals surface area contributed by atoms with Crippen molar-refractivity contribution in [1.82, 2.24) is 24.7 Å². The minimum Gasteiger partial charge on any atom is -0.305 e. The lowest BCUT2D eigenvalue weighted by atomic mass is 10.2. The van der Waals surface area contributed by atoms with Crippen molar-refractivity contribution in [3.8, 4) is 11.4 Å². The van der Waals surface area contributed by atoms with Gasteiger partial charge in [-0.15, -0.1) is 21.5 Å². The van der Waals surface area contributed by atoms with Gasteiger partial charge in [-0.2, -0.15) is 0 Å². The molecule has 3 aromatic heterocycles. The first-order valence-electron chi connectivity index (χ1n) is 5.64. The third-order valence-electron chi connectivity index (χ3n) is 2.61. The third-order valence-corrected chi connectivity index (χ3v) is 4.30. The van der Waals surface area contributed by atoms with Crippen molar-refractivity contribution in [2.75, 3.05) is 0 Å². The van der Waals surface area contributed by atoms with Crippen molar-refractivity contribution in [2.24, 2.45) is 7.05 Å². The molecule has 0 aromatic carbocycles. The average Bonchev–Trinajstić information content (AvgIpc) is 3.07. The number of hydrogen-bond donors (Lipinski definition) is 0. The Hall–Kier alpha value is -1.73. The summed E-state index contributed by atoms with van der Waals surface area (Å²) in [5.41, 5.74) is 3.93. The van der Waals surface area contributed by atoms with Crippen molar-refractivity contribution in [3.05, 3.63) is 41.1 Å². The fourth-order valence-corrected chi connectivity index (χ4v) is 3.12. The molecule has 3 aromatic rings. The molecule has 96 valence electrons. The number of pyridine rings is 1. The molecule has 0 spiro atoms. The van der Waals surface area contributed by atoms with Gasteiger partial charge in [-0.3, -0.25) is 4.98 Å². The van der Waals surface area contributed by atoms with Gasteiger partial charge in [0.25, 0.3) is 0 Å². The molecule has 3 heterocycles. The van der Waals surface area contributed by atoms with Gasteiger partial charge in [-0.25, -0.2) is 4.98 Å². The Kier molecular flexibility index (Phi) is 3.56. The molecule has 0 saturated carbocycles. The normalized spacial score (nSPS) is 10.8. The summed E-state index contributed by atoms with van der Waals surface area (Å²) < 4.78 is 1.99. The Morgan fingerprint density at radius 1 is 1.26 bits per heavy atom. The lowest BCUT2D eigenvalue weighted by molar-refractivity contribution is 0.793. The first-order chi connectivity index (χ1) is 9.34. The second-order valence-electron chi connectivity index (χ2n) is 3.87. The summed E-state index contributed by atoms with van der Waals surface area (Å²) in [6, 6.07) is 3.86. The lowest BCUT2D eigenvalue weighted by Crippen LogP contribution is -1.95. The van der Waals surface area contributed by atoms with Crippen LogP contribution in [0, 0.1) is 0 Å². The summed E-state index contributed by atoms with van der Waals surface area (Å²) in [6.45, 7) is 0. The molecule has 0 N–H and O–H groups in total. The van der Waals surface area contributed by atoms with Crippen LogP contribution in [0.1, 0.15) is 5.69 Å². The average molecular weight is 289 g/mol. The number of rotatable bonds is 4. The molecule has 5 nitrogen and oxygen atoms in total. The van der Waals surface area contributed by atoms with Gasteiger partial charge in [-0.1, -0.05) is 11.8 Å². The summed E-state index contributed by atoms with van der Waals surface area (Å²) in [5.74, 6) is 1.66. The highest BCUT2D eigenvalue weighted by Crippen LogP contribution is 2.24. The maximum Gasteiger partial charge on any atom is 0.191 e. The Morgan fingerprint density at radius 2 is 2.11 bits per heavy atom. The molecule has 3 rings (SSSR count). The zero-order valence-electron chi connectivity index (χ0n) is 10.2. The highest BCUT2D eigenvalue weighted by Gasteiger charge is 2.11. The SMILES string of the molecule is Cn1c(SCc2cscn2)nnc1-c1ccncc1. The van der Waals surface area contributed by atoms with E-state index in [0.717, 1.165) is 28.0 Å². The van der Waals surface area contributed by atoms with E-state index in [1.807, 2.05) is 34.6 Å². The molecule has 0 aliphatic rings. The van der Waals surface area contributed by atoms with Crippen molar-refractivity contribution in [3.63, 3.8) is 0 Å². The Balaban J connectivity index is 1.79. The van der Waals surface area contributed by atoms with Crippen molar-refractivity contribution < 1.29 is 0 Å². The Labute approximate surface area is 118 Å². The van der Waals surface area contributed by atoms with E-state index in [9.17, 15) is 0 Å². The first-order valence-corrected chi connectivity index (χ1v) is 7.57. The number of aromatic nitrogens is 5. The van der Waals surface area contributed by atoms with E-state index in [1.54, 1.807) is 35.5 Å². The van der Waals surface area contributed by atoms with Crippen LogP contribution in [0.2, 0.25) is 0 Å². The summed E-state index contributed by atoms with van der Waals surface area (Å²) in [4.78, 5) is 8.27. The van der Waals surface area contributed by atoms with Crippen LogP contribution in [0.3, 0.4) is 0 Å². The van der Waals surface area contributed by atoms with Crippen LogP contribution in [-0.2, 0) is 12.8 Å². The van der Waals surface area contributed by atoms with E-state index in [0.29, 0.717) is 0 Å². The molecule has 0 atom stereocenters. The van der Waals surface area contributed by atoms with Crippen molar-refractivity contribution in [1.29, 1.82) is 0 Å². The number of thiazole rings is 1. The molecule has 0 radical (unpaired) electrons. The third kappa shape index (κ3) is 2.66. The van der Waals surface area contributed by atoms with E-state index < -0.39 is 0 Å². The van der Waals surface area contributed by atoms with Gasteiger partial charge in [0.1, 0.15) is 0 Å². The summed E-state index contributed by atoms with van der Waals surface area (Å²) >= 11 is 3.24. The highest BCUT2D eigenvalue weighted by molar-refractivity contribution is 7.98. The van der Waals surface area contributed by atoms with Crippen LogP contribution in [0.25, 0.3) is 11.4 Å². The van der Waals surface area contributed by atoms with Gasteiger partial charge in [0, 0.05) is 36.1 Å². The zero-order valence-corrected chi connectivity index (χ0v) is 11.9. The Morgan fingerprint density at radius 3 is 2.84 bits per heavy atom. The van der Waals surface area contributed by atoms with Crippen LogP contribution in [-0.4, -0.2) is 24.7 Å². The molecule has 19 heavy (non-hydrogen) atoms. The highest BCUT2D eigenvalue weighted by atomic mass is 32.2. The second kappa shape index (κ2) is 5.50. The molecular formula is C12H11N5S2. The lowest BCUT2D eigenvalue weighted by Gasteiger charge is -2.02. The summed E-state index contributed by atoms with van der Waals surface area (Å²) in [7, 11) is 1.97. The van der Waals surface area contributed by atoms with Crippen LogP contribution >= 0.6 is 23.1 Å². The standard InChI is InChI=1S/C12H11N5S2/c1-17-11(9-2-4-13-5-3-9)15-16-12(17)19-7-10-6-18-8-14-10/h2-6,8H,7H2,1H3. The maximum atomic E-state index is 4.26. The smallest absolute Gasteiger partial charge is 0.191 e. The quantitative estimate of drug-likeness (QED) is 0.691. The first kappa shape index (κ1) is 12.3. The number of nitrogens with zero attached hydrogens (tertiary/aromatic N) is 5. The number of thioether (sulfide) groups is 1. The molecule has 0 aliphatic heterocycles. The molecule has 0 amide bonds. The molecule has 0 fully saturated rings. The van der Waals surface area contributed by atoms with Crippen LogP contribution in [0.15, 0.2) is 40.6 Å². The van der Waals surface area contributed by atoms with Gasteiger partial charge in [-0.05, 0) is 12.1 Å². The van der Waals surface area contributed by atoms with Crippen LogP contribution in [0.4, 0.5) is 0 Å². The summed E-state index contributed by atoms with van der Waals surface area (Å²) in [6.07, 6.45) is 3.51. The van der Waals surface area contributed by atoms with Gasteiger partial charge in [0.15, 0.2) is 11.0 Å². The van der Waals surface area contributed by atoms with E-state index >= 15 is 0 Å². The van der Waals surface area contributed by atoms with Crippen molar-refractivity contribution >= 4 is 23.1 Å². The Bertz CT molecular complexity index is 648. The topological polar surface area (TPSA) is 56.5 Å². The van der Waals surface area contributed by atoms with Crippen molar-refractivity contribution in [2.45, 2.75) is 10.9 Å². The monoisotopic (exact) mass is 289 g/mol. The molecular weight excluding hydrogens is 278 g/mol. The zero-order chi connectivity index (χ0) is 13.1. The fraction of sp³-hybridized carbons (Fsp3) is 0.167. The molecule has 7 heteroatoms. The molecule has 0 aliphatic carbocycles. The molecule has 0 bridgehead atoms. The minimum atomic E-state index is 0.811. The minimum absolute atomic E-state index is 0.811. The van der Waals surface area contributed by atoms with E-state index in [2.05, 4.69) is 20.2 Å². The van der Waals surface area contributed by atoms with Gasteiger partial charge >= 0.3 is 0 Å². The van der Waals surface area contributed by atoms with Crippen LogP contribution in [0.5, 0.6) is 0 Å². The molecule has 0 saturated heterocycles. The molecule has 0 unspecified atom stereocenters.